The molecule has 1 saturated heterocycles. The summed E-state index contributed by atoms with van der Waals surface area (Å²) in [5.74, 6) is 0.899. The SMILES string of the molecule is CC[C@H](Nc1cc(C(F)(F)F)c(C2CNCCN2C)cn1)C1CC1. The summed E-state index contributed by atoms with van der Waals surface area (Å²) in [5.41, 5.74) is -0.326. The smallest absolute Gasteiger partial charge is 0.367 e. The first-order chi connectivity index (χ1) is 11.4. The molecule has 0 spiro atoms. The van der Waals surface area contributed by atoms with Crippen LogP contribution in [0.3, 0.4) is 0 Å². The van der Waals surface area contributed by atoms with Gasteiger partial charge in [0.25, 0.3) is 0 Å². The van der Waals surface area contributed by atoms with Crippen molar-refractivity contribution in [2.75, 3.05) is 32.0 Å². The number of nitrogens with one attached hydrogen (secondary N) is 2. The normalized spacial score (nSPS) is 24.0. The van der Waals surface area contributed by atoms with Gasteiger partial charge in [0.2, 0.25) is 0 Å². The van der Waals surface area contributed by atoms with Gasteiger partial charge in [0.15, 0.2) is 0 Å². The van der Waals surface area contributed by atoms with E-state index in [0.717, 1.165) is 32.4 Å². The molecule has 2 N–H and O–H groups in total. The Hall–Kier alpha value is -1.34. The summed E-state index contributed by atoms with van der Waals surface area (Å²) in [6.07, 6.45) is 0.209. The highest BCUT2D eigenvalue weighted by Crippen LogP contribution is 2.39. The van der Waals surface area contributed by atoms with Gasteiger partial charge in [-0.2, -0.15) is 13.2 Å². The molecule has 1 aliphatic carbocycles. The van der Waals surface area contributed by atoms with Crippen LogP contribution < -0.4 is 10.6 Å². The van der Waals surface area contributed by atoms with Crippen molar-refractivity contribution in [3.05, 3.63) is 23.4 Å². The first-order valence-electron chi connectivity index (χ1n) is 8.64. The van der Waals surface area contributed by atoms with Crippen LogP contribution in [0.2, 0.25) is 0 Å². The number of rotatable bonds is 5. The van der Waals surface area contributed by atoms with Crippen LogP contribution in [0.25, 0.3) is 0 Å². The summed E-state index contributed by atoms with van der Waals surface area (Å²) >= 11 is 0. The maximum absolute atomic E-state index is 13.6. The second-order valence-electron chi connectivity index (χ2n) is 6.85. The van der Waals surface area contributed by atoms with Gasteiger partial charge in [-0.1, -0.05) is 6.92 Å². The first-order valence-corrected chi connectivity index (χ1v) is 8.64. The quantitative estimate of drug-likeness (QED) is 0.862. The zero-order chi connectivity index (χ0) is 17.3. The van der Waals surface area contributed by atoms with E-state index in [1.807, 2.05) is 11.9 Å². The van der Waals surface area contributed by atoms with E-state index in [9.17, 15) is 13.2 Å². The molecule has 1 unspecified atom stereocenters. The maximum atomic E-state index is 13.6. The summed E-state index contributed by atoms with van der Waals surface area (Å²) in [4.78, 5) is 6.25. The number of nitrogens with zero attached hydrogens (tertiary/aromatic N) is 2. The van der Waals surface area contributed by atoms with Crippen molar-refractivity contribution in [2.45, 2.75) is 44.4 Å². The number of alkyl halides is 3. The third-order valence-electron chi connectivity index (χ3n) is 5.07. The van der Waals surface area contributed by atoms with Gasteiger partial charge in [0, 0.05) is 43.5 Å². The Morgan fingerprint density at radius 1 is 1.42 bits per heavy atom. The van der Waals surface area contributed by atoms with Crippen LogP contribution in [-0.2, 0) is 6.18 Å². The zero-order valence-electron chi connectivity index (χ0n) is 14.2. The second-order valence-corrected chi connectivity index (χ2v) is 6.85. The molecule has 1 aliphatic heterocycles. The van der Waals surface area contributed by atoms with Gasteiger partial charge in [-0.25, -0.2) is 4.98 Å². The molecule has 4 nitrogen and oxygen atoms in total. The molecule has 0 amide bonds. The van der Waals surface area contributed by atoms with E-state index in [4.69, 9.17) is 0 Å². The Bertz CT molecular complexity index is 571. The van der Waals surface area contributed by atoms with Gasteiger partial charge < -0.3 is 10.6 Å². The van der Waals surface area contributed by atoms with Crippen molar-refractivity contribution >= 4 is 5.82 Å². The Kier molecular flexibility index (Phi) is 5.01. The van der Waals surface area contributed by atoms with Gasteiger partial charge in [-0.3, -0.25) is 4.90 Å². The fourth-order valence-electron chi connectivity index (χ4n) is 3.45. The lowest BCUT2D eigenvalue weighted by molar-refractivity contribution is -0.138. The number of hydrogen-bond acceptors (Lipinski definition) is 4. The fraction of sp³-hybridized carbons (Fsp3) is 0.706. The Morgan fingerprint density at radius 3 is 2.75 bits per heavy atom. The lowest BCUT2D eigenvalue weighted by Gasteiger charge is -2.34. The summed E-state index contributed by atoms with van der Waals surface area (Å²) in [5, 5.41) is 6.37. The molecule has 2 atom stereocenters. The second kappa shape index (κ2) is 6.88. The Morgan fingerprint density at radius 2 is 2.17 bits per heavy atom. The van der Waals surface area contributed by atoms with Gasteiger partial charge in [-0.15, -0.1) is 0 Å². The van der Waals surface area contributed by atoms with E-state index in [-0.39, 0.29) is 17.6 Å². The van der Waals surface area contributed by atoms with Crippen LogP contribution in [-0.4, -0.2) is 42.6 Å². The van der Waals surface area contributed by atoms with Gasteiger partial charge >= 0.3 is 6.18 Å². The summed E-state index contributed by atoms with van der Waals surface area (Å²) in [6.45, 7) is 4.08. The zero-order valence-corrected chi connectivity index (χ0v) is 14.2. The Labute approximate surface area is 140 Å². The largest absolute Gasteiger partial charge is 0.416 e. The van der Waals surface area contributed by atoms with E-state index < -0.39 is 11.7 Å². The monoisotopic (exact) mass is 342 g/mol. The molecule has 0 bridgehead atoms. The fourth-order valence-corrected chi connectivity index (χ4v) is 3.45. The van der Waals surface area contributed by atoms with Crippen molar-refractivity contribution in [3.63, 3.8) is 0 Å². The highest BCUT2D eigenvalue weighted by atomic mass is 19.4. The van der Waals surface area contributed by atoms with Gasteiger partial charge in [0.1, 0.15) is 5.82 Å². The standard InChI is InChI=1S/C17H25F3N4/c1-3-14(11-4-5-11)23-16-8-13(17(18,19)20)12(9-22-16)15-10-21-6-7-24(15)2/h8-9,11,14-15,21H,3-7,10H2,1-2H3,(H,22,23)/t14-,15?/m0/s1. The molecule has 7 heteroatoms. The highest BCUT2D eigenvalue weighted by molar-refractivity contribution is 5.44. The molecule has 3 rings (SSSR count). The van der Waals surface area contributed by atoms with Crippen LogP contribution >= 0.6 is 0 Å². The molecule has 2 fully saturated rings. The molecular weight excluding hydrogens is 317 g/mol. The van der Waals surface area contributed by atoms with E-state index in [0.29, 0.717) is 18.3 Å². The molecule has 1 aromatic rings. The van der Waals surface area contributed by atoms with E-state index in [1.165, 1.54) is 12.3 Å². The highest BCUT2D eigenvalue weighted by Gasteiger charge is 2.38. The van der Waals surface area contributed by atoms with E-state index >= 15 is 0 Å². The Balaban J connectivity index is 1.88. The van der Waals surface area contributed by atoms with E-state index in [2.05, 4.69) is 22.5 Å². The van der Waals surface area contributed by atoms with Crippen molar-refractivity contribution in [2.24, 2.45) is 5.92 Å². The molecule has 2 heterocycles. The van der Waals surface area contributed by atoms with Gasteiger partial charge in [0.05, 0.1) is 5.56 Å². The lowest BCUT2D eigenvalue weighted by Crippen LogP contribution is -2.44. The molecule has 2 aliphatic rings. The van der Waals surface area contributed by atoms with Crippen LogP contribution in [0.1, 0.15) is 43.4 Å². The number of anilines is 1. The number of aromatic nitrogens is 1. The molecular formula is C17H25F3N4. The van der Waals surface area contributed by atoms with Crippen molar-refractivity contribution in [1.29, 1.82) is 0 Å². The van der Waals surface area contributed by atoms with Gasteiger partial charge in [-0.05, 0) is 38.3 Å². The molecule has 0 radical (unpaired) electrons. The number of pyridine rings is 1. The number of piperazine rings is 1. The van der Waals surface area contributed by atoms with Crippen molar-refractivity contribution < 1.29 is 13.2 Å². The van der Waals surface area contributed by atoms with Crippen LogP contribution in [0.5, 0.6) is 0 Å². The minimum absolute atomic E-state index is 0.212. The molecule has 0 aromatic carbocycles. The van der Waals surface area contributed by atoms with Crippen LogP contribution in [0.15, 0.2) is 12.3 Å². The summed E-state index contributed by atoms with van der Waals surface area (Å²) < 4.78 is 40.8. The maximum Gasteiger partial charge on any atom is 0.416 e. The average molecular weight is 342 g/mol. The average Bonchev–Trinajstić information content (AvgIpc) is 3.37. The molecule has 1 aromatic heterocycles. The van der Waals surface area contributed by atoms with E-state index in [1.54, 1.807) is 0 Å². The predicted octanol–water partition coefficient (Wildman–Crippen LogP) is 3.28. The topological polar surface area (TPSA) is 40.2 Å². The number of hydrogen-bond donors (Lipinski definition) is 2. The summed E-state index contributed by atoms with van der Waals surface area (Å²) in [7, 11) is 1.86. The minimum Gasteiger partial charge on any atom is -0.367 e. The predicted molar refractivity (Wildman–Crippen MR) is 87.9 cm³/mol. The number of halogens is 3. The molecule has 24 heavy (non-hydrogen) atoms. The minimum atomic E-state index is -4.38. The third-order valence-corrected chi connectivity index (χ3v) is 5.07. The third kappa shape index (κ3) is 3.83. The first kappa shape index (κ1) is 17.5. The van der Waals surface area contributed by atoms with Crippen LogP contribution in [0, 0.1) is 5.92 Å². The number of likely N-dealkylation sites (N-methyl/N-ethyl adjacent to an activating group) is 1. The molecule has 1 saturated carbocycles. The molecule has 134 valence electrons. The van der Waals surface area contributed by atoms with Crippen molar-refractivity contribution in [1.82, 2.24) is 15.2 Å². The summed E-state index contributed by atoms with van der Waals surface area (Å²) in [6, 6.07) is 1.09. The van der Waals surface area contributed by atoms with Crippen LogP contribution in [0.4, 0.5) is 19.0 Å². The van der Waals surface area contributed by atoms with Crippen molar-refractivity contribution in [3.8, 4) is 0 Å². The lowest BCUT2D eigenvalue weighted by atomic mass is 9.99.